The van der Waals surface area contributed by atoms with Crippen LogP contribution in [0.15, 0.2) is 59.8 Å². The Morgan fingerprint density at radius 3 is 2.26 bits per heavy atom. The van der Waals surface area contributed by atoms with Crippen molar-refractivity contribution in [3.8, 4) is 0 Å². The number of rotatable bonds is 6. The van der Waals surface area contributed by atoms with Gasteiger partial charge in [0, 0.05) is 39.3 Å². The summed E-state index contributed by atoms with van der Waals surface area (Å²) in [4.78, 5) is 44.6. The molecule has 3 saturated heterocycles. The minimum Gasteiger partial charge on any atom is -0.461 e. The number of ketones is 1. The second kappa shape index (κ2) is 25.6. The van der Waals surface area contributed by atoms with Crippen LogP contribution in [0.3, 0.4) is 0 Å². The Hall–Kier alpha value is -3.02. The highest BCUT2D eigenvalue weighted by atomic mass is 32.2. The SMILES string of the molecule is C=C1[C@H](C)C[C@H](C)\C=C/C=C\C=C(\C)[C@H](N2CCCS2(=O)=O)C[C@@H]2CC[C@@H](C)[C@@](O)(O2)C(=O)C(=O)N2CCCC[C@H]2C(=O)O[C@H]([C@H](C)C[C@@H]2CC[C@@H](O)[C@H](OC)C2)CC[C@H](C)/C=C(/C)[C@@H](O)[C@H]1OC. The smallest absolute Gasteiger partial charge is 0.329 e. The molecule has 0 radical (unpaired) electrons. The molecule has 1 aliphatic carbocycles. The number of sulfonamides is 1. The first kappa shape index (κ1) is 56.9. The predicted octanol–water partition coefficient (Wildman–Crippen LogP) is 7.38. The third kappa shape index (κ3) is 14.6. The van der Waals surface area contributed by atoms with Gasteiger partial charge in [-0.25, -0.2) is 13.2 Å². The summed E-state index contributed by atoms with van der Waals surface area (Å²) in [6, 6.07) is -1.67. The molecule has 14 nitrogen and oxygen atoms in total. The highest BCUT2D eigenvalue weighted by Gasteiger charge is 2.53. The van der Waals surface area contributed by atoms with Gasteiger partial charge in [0.1, 0.15) is 24.4 Å². The average Bonchev–Trinajstić information content (AvgIpc) is 3.67. The number of cyclic esters (lactones) is 1. The highest BCUT2D eigenvalue weighted by molar-refractivity contribution is 7.89. The zero-order chi connectivity index (χ0) is 50.8. The Balaban J connectivity index is 1.48. The molecule has 0 aromatic carbocycles. The van der Waals surface area contributed by atoms with E-state index < -0.39 is 82.0 Å². The fourth-order valence-corrected chi connectivity index (χ4v) is 13.3. The molecule has 69 heavy (non-hydrogen) atoms. The van der Waals surface area contributed by atoms with Crippen molar-refractivity contribution >= 4 is 27.7 Å². The van der Waals surface area contributed by atoms with E-state index in [0.717, 1.165) is 36.0 Å². The van der Waals surface area contributed by atoms with Crippen molar-refractivity contribution in [2.24, 2.45) is 35.5 Å². The van der Waals surface area contributed by atoms with E-state index in [4.69, 9.17) is 18.9 Å². The number of methoxy groups -OCH3 is 2. The molecule has 1 amide bonds. The zero-order valence-electron chi connectivity index (χ0n) is 43.1. The fourth-order valence-electron chi connectivity index (χ4n) is 11.5. The van der Waals surface area contributed by atoms with Crippen LogP contribution in [0.2, 0.25) is 0 Å². The van der Waals surface area contributed by atoms with Gasteiger partial charge in [0.05, 0.1) is 24.1 Å². The van der Waals surface area contributed by atoms with Crippen molar-refractivity contribution in [2.45, 2.75) is 193 Å². The fraction of sp³-hybridized carbons (Fsp3) is 0.759. The van der Waals surface area contributed by atoms with Crippen LogP contribution in [0.4, 0.5) is 0 Å². The largest absolute Gasteiger partial charge is 0.461 e. The van der Waals surface area contributed by atoms with Crippen molar-refractivity contribution in [3.63, 3.8) is 0 Å². The van der Waals surface area contributed by atoms with E-state index in [0.29, 0.717) is 64.3 Å². The Kier molecular flexibility index (Phi) is 21.1. The molecule has 5 aliphatic rings. The number of carbonyl (C=O) groups is 3. The molecular weight excluding hydrogens is 901 g/mol. The number of ether oxygens (including phenoxy) is 4. The predicted molar refractivity (Wildman–Crippen MR) is 267 cm³/mol. The normalized spacial score (nSPS) is 40.9. The quantitative estimate of drug-likeness (QED) is 0.136. The summed E-state index contributed by atoms with van der Waals surface area (Å²) in [5.41, 5.74) is 2.31. The number of aliphatic hydroxyl groups is 3. The first-order valence-corrected chi connectivity index (χ1v) is 27.5. The molecule has 2 bridgehead atoms. The van der Waals surface area contributed by atoms with Gasteiger partial charge in [-0.15, -0.1) is 0 Å². The van der Waals surface area contributed by atoms with Gasteiger partial charge in [-0.05, 0) is 144 Å². The molecule has 390 valence electrons. The van der Waals surface area contributed by atoms with Crippen LogP contribution in [0.25, 0.3) is 0 Å². The average molecular weight is 987 g/mol. The molecule has 0 aromatic heterocycles. The third-order valence-corrected chi connectivity index (χ3v) is 17.9. The Labute approximate surface area is 413 Å². The van der Waals surface area contributed by atoms with E-state index in [1.54, 1.807) is 21.1 Å². The van der Waals surface area contributed by atoms with Crippen LogP contribution < -0.4 is 0 Å². The Morgan fingerprint density at radius 1 is 0.841 bits per heavy atom. The van der Waals surface area contributed by atoms with Gasteiger partial charge in [-0.3, -0.25) is 9.59 Å². The van der Waals surface area contributed by atoms with Gasteiger partial charge in [-0.2, -0.15) is 4.31 Å². The Morgan fingerprint density at radius 2 is 1.58 bits per heavy atom. The third-order valence-electron chi connectivity index (χ3n) is 16.0. The molecule has 4 fully saturated rings. The number of amides is 1. The Bertz CT molecular complexity index is 2000. The lowest BCUT2D eigenvalue weighted by Crippen LogP contribution is -2.61. The van der Waals surface area contributed by atoms with Crippen LogP contribution >= 0.6 is 0 Å². The summed E-state index contributed by atoms with van der Waals surface area (Å²) < 4.78 is 52.5. The first-order valence-electron chi connectivity index (χ1n) is 25.9. The minimum atomic E-state index is -3.58. The number of piperidine rings is 1. The topological polar surface area (TPSA) is 189 Å². The van der Waals surface area contributed by atoms with Crippen LogP contribution in [0, 0.1) is 35.5 Å². The summed E-state index contributed by atoms with van der Waals surface area (Å²) in [5, 5.41) is 34.4. The lowest BCUT2D eigenvalue weighted by molar-refractivity contribution is -0.264. The van der Waals surface area contributed by atoms with Gasteiger partial charge in [0.2, 0.25) is 15.8 Å². The summed E-state index contributed by atoms with van der Waals surface area (Å²) in [7, 11) is -0.383. The minimum absolute atomic E-state index is 0.0192. The maximum atomic E-state index is 14.5. The number of aliphatic hydroxyl groups excluding tert-OH is 2. The maximum Gasteiger partial charge on any atom is 0.329 e. The second-order valence-corrected chi connectivity index (χ2v) is 23.5. The number of fused-ring (bicyclic) bond motifs is 3. The molecule has 1 saturated carbocycles. The molecule has 15 atom stereocenters. The monoisotopic (exact) mass is 987 g/mol. The number of esters is 1. The van der Waals surface area contributed by atoms with Gasteiger partial charge in [0.15, 0.2) is 0 Å². The number of hydrogen-bond donors (Lipinski definition) is 3. The molecule has 4 aliphatic heterocycles. The lowest BCUT2D eigenvalue weighted by atomic mass is 9.78. The number of hydrogen-bond acceptors (Lipinski definition) is 12. The molecule has 4 heterocycles. The van der Waals surface area contributed by atoms with Crippen molar-refractivity contribution in [1.29, 1.82) is 0 Å². The summed E-state index contributed by atoms with van der Waals surface area (Å²) >= 11 is 0. The van der Waals surface area contributed by atoms with Gasteiger partial charge in [-0.1, -0.05) is 83.2 Å². The van der Waals surface area contributed by atoms with E-state index in [2.05, 4.69) is 40.3 Å². The number of allylic oxidation sites excluding steroid dienone is 6. The van der Waals surface area contributed by atoms with Gasteiger partial charge < -0.3 is 39.2 Å². The summed E-state index contributed by atoms with van der Waals surface area (Å²) in [6.45, 7) is 18.6. The molecule has 15 heteroatoms. The first-order chi connectivity index (χ1) is 32.6. The highest BCUT2D eigenvalue weighted by Crippen LogP contribution is 2.39. The van der Waals surface area contributed by atoms with Crippen LogP contribution in [0.5, 0.6) is 0 Å². The lowest BCUT2D eigenvalue weighted by Gasteiger charge is -2.43. The molecule has 0 aromatic rings. The van der Waals surface area contributed by atoms with Crippen molar-refractivity contribution in [1.82, 2.24) is 9.21 Å². The van der Waals surface area contributed by atoms with E-state index >= 15 is 0 Å². The molecule has 0 unspecified atom stereocenters. The molecule has 3 N–H and O–H groups in total. The summed E-state index contributed by atoms with van der Waals surface area (Å²) in [6.07, 6.45) is 15.7. The zero-order valence-corrected chi connectivity index (χ0v) is 43.9. The van der Waals surface area contributed by atoms with E-state index in [-0.39, 0.29) is 60.8 Å². The maximum absolute atomic E-state index is 14.5. The number of nitrogens with zero attached hydrogens (tertiary/aromatic N) is 2. The van der Waals surface area contributed by atoms with E-state index in [1.165, 1.54) is 9.21 Å². The molecule has 5 rings (SSSR count). The van der Waals surface area contributed by atoms with Crippen LogP contribution in [0.1, 0.15) is 138 Å². The molecule has 0 spiro atoms. The van der Waals surface area contributed by atoms with E-state index in [1.807, 2.05) is 44.2 Å². The van der Waals surface area contributed by atoms with Gasteiger partial charge in [0.25, 0.3) is 11.7 Å². The van der Waals surface area contributed by atoms with Crippen LogP contribution in [-0.4, -0.2) is 138 Å². The number of Topliss-reactive ketones (excluding diaryl/α,β-unsaturated/α-hetero) is 1. The number of carbonyl (C=O) groups excluding carboxylic acids is 3. The van der Waals surface area contributed by atoms with E-state index in [9.17, 15) is 38.1 Å². The summed E-state index contributed by atoms with van der Waals surface area (Å²) in [5.74, 6) is -5.68. The molecular formula is C54H86N2O12S. The van der Waals surface area contributed by atoms with Crippen molar-refractivity contribution in [3.05, 3.63) is 59.8 Å². The van der Waals surface area contributed by atoms with Gasteiger partial charge >= 0.3 is 5.97 Å². The van der Waals surface area contributed by atoms with Crippen molar-refractivity contribution < 1.29 is 57.1 Å². The van der Waals surface area contributed by atoms with Crippen molar-refractivity contribution in [2.75, 3.05) is 33.1 Å². The second-order valence-electron chi connectivity index (χ2n) is 21.4. The standard InChI is InChI=1S/C54H86N2O12S/c1-34-17-12-11-13-18-36(3)45(56-27-16-28-69(56,63)64)33-43-23-21-40(7)54(62,68-43)51(59)52(60)55-26-15-14-19-44(55)53(61)67-47(38(5)31-42-22-24-46(57)48(32-42)65-9)25-20-35(2)30-39(6)49(58)50(66-10)41(8)37(4)29-34/h11-13,17-18,30,34-35,37-38,40,42-50,57-58,62H,8,14-16,19-29,31-33H2,1-7,9-10H3/b13-11-,17-12-,36-18-,39-30-/t34-,35+,37-,38-,40-,42+,43+,44+,45-,46-,47+,48-,49-,50+,54-/m1/s1. The van der Waals surface area contributed by atoms with Crippen LogP contribution in [-0.2, 0) is 43.4 Å².